The van der Waals surface area contributed by atoms with E-state index in [0.717, 1.165) is 11.1 Å². The molecule has 0 aromatic heterocycles. The highest BCUT2D eigenvalue weighted by Gasteiger charge is 2.32. The third-order valence-electron chi connectivity index (χ3n) is 7.05. The number of allylic oxidation sites excluding steroid dienone is 2. The van der Waals surface area contributed by atoms with E-state index in [1.807, 2.05) is 81.4 Å². The van der Waals surface area contributed by atoms with Crippen molar-refractivity contribution in [3.63, 3.8) is 0 Å². The first kappa shape index (κ1) is 33.5. The molecule has 0 aliphatic heterocycles. The summed E-state index contributed by atoms with van der Waals surface area (Å²) in [5.74, 6) is -1.89. The zero-order chi connectivity index (χ0) is 30.3. The maximum absolute atomic E-state index is 13.5. The quantitative estimate of drug-likeness (QED) is 0.207. The average Bonchev–Trinajstić information content (AvgIpc) is 2.94. The summed E-state index contributed by atoms with van der Waals surface area (Å²) in [5.41, 5.74) is 1.56. The van der Waals surface area contributed by atoms with Crippen molar-refractivity contribution in [1.82, 2.24) is 10.2 Å². The number of esters is 1. The predicted octanol–water partition coefficient (Wildman–Crippen LogP) is 5.10. The van der Waals surface area contributed by atoms with Gasteiger partial charge in [0.1, 0.15) is 6.61 Å². The molecule has 2 amide bonds. The SMILES string of the molecule is C=CC[C@H](CC(=O)N(CCO)Cc1ccccc1)C(=O)N[C@H](COC(=O)[C@@H](CC=C)Cc1ccccc1)C(C)(C)C. The van der Waals surface area contributed by atoms with Crippen LogP contribution >= 0.6 is 0 Å². The van der Waals surface area contributed by atoms with E-state index in [-0.39, 0.29) is 49.9 Å². The van der Waals surface area contributed by atoms with E-state index in [2.05, 4.69) is 18.5 Å². The summed E-state index contributed by atoms with van der Waals surface area (Å²) in [7, 11) is 0. The summed E-state index contributed by atoms with van der Waals surface area (Å²) in [6.45, 7) is 13.8. The summed E-state index contributed by atoms with van der Waals surface area (Å²) >= 11 is 0. The number of hydrogen-bond acceptors (Lipinski definition) is 5. The molecule has 0 radical (unpaired) electrons. The van der Waals surface area contributed by atoms with E-state index in [4.69, 9.17) is 4.74 Å². The standard InChI is InChI=1S/C34H46N2O5/c1-6-14-28(23-31(38)36(20-21-37)24-27-18-12-9-13-19-27)32(39)35-30(34(3,4)5)25-41-33(40)29(15-7-2)22-26-16-10-8-11-17-26/h6-13,16-19,28-30,37H,1-2,14-15,20-25H2,3-5H3,(H,35,39)/t28-,29+,30-/m1/s1. The van der Waals surface area contributed by atoms with Crippen molar-refractivity contribution in [3.8, 4) is 0 Å². The minimum atomic E-state index is -0.649. The van der Waals surface area contributed by atoms with Gasteiger partial charge in [0.2, 0.25) is 11.8 Å². The lowest BCUT2D eigenvalue weighted by Gasteiger charge is -2.33. The van der Waals surface area contributed by atoms with Gasteiger partial charge in [0, 0.05) is 19.5 Å². The zero-order valence-electron chi connectivity index (χ0n) is 24.8. The lowest BCUT2D eigenvalue weighted by Crippen LogP contribution is -2.50. The first-order valence-corrected chi connectivity index (χ1v) is 14.2. The van der Waals surface area contributed by atoms with E-state index in [0.29, 0.717) is 25.8 Å². The molecule has 0 fully saturated rings. The van der Waals surface area contributed by atoms with Gasteiger partial charge in [-0.1, -0.05) is 93.6 Å². The number of carbonyl (C=O) groups is 3. The Morgan fingerprint density at radius 3 is 2.02 bits per heavy atom. The second-order valence-electron chi connectivity index (χ2n) is 11.4. The molecular weight excluding hydrogens is 516 g/mol. The number of hydrogen-bond donors (Lipinski definition) is 2. The smallest absolute Gasteiger partial charge is 0.309 e. The Kier molecular flexibility index (Phi) is 14.0. The van der Waals surface area contributed by atoms with Crippen LogP contribution in [0.3, 0.4) is 0 Å². The van der Waals surface area contributed by atoms with Crippen LogP contribution in [-0.2, 0) is 32.1 Å². The van der Waals surface area contributed by atoms with Crippen molar-refractivity contribution in [2.75, 3.05) is 19.8 Å². The molecule has 0 aliphatic carbocycles. The second kappa shape index (κ2) is 17.2. The molecule has 2 rings (SSSR count). The summed E-state index contributed by atoms with van der Waals surface area (Å²) in [4.78, 5) is 41.3. The summed E-state index contributed by atoms with van der Waals surface area (Å²) in [6, 6.07) is 18.8. The third-order valence-corrected chi connectivity index (χ3v) is 7.05. The molecule has 2 N–H and O–H groups in total. The average molecular weight is 563 g/mol. The van der Waals surface area contributed by atoms with Gasteiger partial charge < -0.3 is 20.1 Å². The molecule has 0 spiro atoms. The van der Waals surface area contributed by atoms with Gasteiger partial charge in [-0.05, 0) is 35.8 Å². The fourth-order valence-electron chi connectivity index (χ4n) is 4.48. The van der Waals surface area contributed by atoms with Crippen molar-refractivity contribution >= 4 is 17.8 Å². The third kappa shape index (κ3) is 11.7. The van der Waals surface area contributed by atoms with E-state index < -0.39 is 17.4 Å². The molecule has 0 saturated carbocycles. The van der Waals surface area contributed by atoms with Gasteiger partial charge in [0.25, 0.3) is 0 Å². The molecule has 0 saturated heterocycles. The minimum Gasteiger partial charge on any atom is -0.463 e. The van der Waals surface area contributed by atoms with Gasteiger partial charge in [-0.15, -0.1) is 13.2 Å². The zero-order valence-corrected chi connectivity index (χ0v) is 24.8. The van der Waals surface area contributed by atoms with Crippen molar-refractivity contribution < 1.29 is 24.2 Å². The van der Waals surface area contributed by atoms with Crippen molar-refractivity contribution in [2.45, 2.75) is 59.0 Å². The van der Waals surface area contributed by atoms with Crippen LogP contribution in [0.25, 0.3) is 0 Å². The van der Waals surface area contributed by atoms with Crippen LogP contribution in [0.15, 0.2) is 86.0 Å². The number of ether oxygens (including phenoxy) is 1. The fourth-order valence-corrected chi connectivity index (χ4v) is 4.48. The van der Waals surface area contributed by atoms with E-state index in [1.165, 1.54) is 0 Å². The molecule has 0 bridgehead atoms. The molecule has 3 atom stereocenters. The number of nitrogens with zero attached hydrogens (tertiary/aromatic N) is 1. The number of benzene rings is 2. The Morgan fingerprint density at radius 1 is 0.927 bits per heavy atom. The van der Waals surface area contributed by atoms with Gasteiger partial charge in [0.05, 0.1) is 24.5 Å². The van der Waals surface area contributed by atoms with Gasteiger partial charge in [-0.3, -0.25) is 14.4 Å². The van der Waals surface area contributed by atoms with E-state index in [9.17, 15) is 19.5 Å². The summed E-state index contributed by atoms with van der Waals surface area (Å²) in [5, 5.41) is 12.6. The Bertz CT molecular complexity index is 1110. The number of aliphatic hydroxyl groups excluding tert-OH is 1. The summed E-state index contributed by atoms with van der Waals surface area (Å²) in [6.07, 6.45) is 4.64. The number of rotatable bonds is 17. The molecule has 2 aromatic carbocycles. The van der Waals surface area contributed by atoms with Crippen molar-refractivity contribution in [3.05, 3.63) is 97.1 Å². The first-order chi connectivity index (χ1) is 19.6. The highest BCUT2D eigenvalue weighted by Crippen LogP contribution is 2.23. The Morgan fingerprint density at radius 2 is 1.49 bits per heavy atom. The lowest BCUT2D eigenvalue weighted by molar-refractivity contribution is -0.151. The van der Waals surface area contributed by atoms with Crippen LogP contribution in [0.4, 0.5) is 0 Å². The number of aliphatic hydroxyl groups is 1. The van der Waals surface area contributed by atoms with Crippen LogP contribution in [0.2, 0.25) is 0 Å². The molecule has 2 aromatic rings. The summed E-state index contributed by atoms with van der Waals surface area (Å²) < 4.78 is 5.75. The highest BCUT2D eigenvalue weighted by molar-refractivity contribution is 5.86. The van der Waals surface area contributed by atoms with Gasteiger partial charge in [-0.25, -0.2) is 0 Å². The Labute approximate surface area is 245 Å². The van der Waals surface area contributed by atoms with Crippen LogP contribution in [0.5, 0.6) is 0 Å². The number of amides is 2. The molecule has 0 heterocycles. The predicted molar refractivity (Wildman–Crippen MR) is 163 cm³/mol. The van der Waals surface area contributed by atoms with E-state index >= 15 is 0 Å². The molecule has 7 heteroatoms. The van der Waals surface area contributed by atoms with Crippen LogP contribution in [-0.4, -0.2) is 53.6 Å². The Balaban J connectivity index is 2.08. The van der Waals surface area contributed by atoms with Gasteiger partial charge >= 0.3 is 5.97 Å². The molecule has 7 nitrogen and oxygen atoms in total. The first-order valence-electron chi connectivity index (χ1n) is 14.2. The molecule has 0 aliphatic rings. The van der Waals surface area contributed by atoms with Crippen molar-refractivity contribution in [1.29, 1.82) is 0 Å². The molecule has 0 unspecified atom stereocenters. The molecule has 222 valence electrons. The number of carbonyl (C=O) groups excluding carboxylic acids is 3. The van der Waals surface area contributed by atoms with Gasteiger partial charge in [-0.2, -0.15) is 0 Å². The second-order valence-corrected chi connectivity index (χ2v) is 11.4. The minimum absolute atomic E-state index is 0.00983. The molecule has 41 heavy (non-hydrogen) atoms. The monoisotopic (exact) mass is 562 g/mol. The number of nitrogens with one attached hydrogen (secondary N) is 1. The van der Waals surface area contributed by atoms with Crippen LogP contribution in [0.1, 0.15) is 51.2 Å². The maximum atomic E-state index is 13.5. The van der Waals surface area contributed by atoms with Gasteiger partial charge in [0.15, 0.2) is 0 Å². The topological polar surface area (TPSA) is 95.9 Å². The van der Waals surface area contributed by atoms with Crippen LogP contribution < -0.4 is 5.32 Å². The Hall–Kier alpha value is -3.71. The largest absolute Gasteiger partial charge is 0.463 e. The normalized spacial score (nSPS) is 13.4. The van der Waals surface area contributed by atoms with Crippen LogP contribution in [0, 0.1) is 17.3 Å². The van der Waals surface area contributed by atoms with E-state index in [1.54, 1.807) is 17.1 Å². The fraction of sp³-hybridized carbons (Fsp3) is 0.441. The highest BCUT2D eigenvalue weighted by atomic mass is 16.5. The molecular formula is C34H46N2O5. The maximum Gasteiger partial charge on any atom is 0.309 e. The lowest BCUT2D eigenvalue weighted by atomic mass is 9.86. The van der Waals surface area contributed by atoms with Crippen molar-refractivity contribution in [2.24, 2.45) is 17.3 Å².